The van der Waals surface area contributed by atoms with Gasteiger partial charge in [0, 0.05) is 25.6 Å². The minimum atomic E-state index is -3.51. The van der Waals surface area contributed by atoms with Crippen LogP contribution in [0, 0.1) is 13.8 Å². The van der Waals surface area contributed by atoms with Crippen LogP contribution in [-0.2, 0) is 26.2 Å². The van der Waals surface area contributed by atoms with Crippen LogP contribution in [0.2, 0.25) is 0 Å². The highest BCUT2D eigenvalue weighted by atomic mass is 32.2. The minimum absolute atomic E-state index is 0.0389. The molecule has 0 saturated carbocycles. The summed E-state index contributed by atoms with van der Waals surface area (Å²) in [6.07, 6.45) is 1.63. The third kappa shape index (κ3) is 7.87. The Morgan fingerprint density at radius 2 is 1.68 bits per heavy atom. The number of hydrogen-bond donors (Lipinski definition) is 1. The molecular formula is C26H37N3O4S. The Balaban J connectivity index is 2.18. The lowest BCUT2D eigenvalue weighted by atomic mass is 10.1. The molecule has 0 heterocycles. The first-order valence-corrected chi connectivity index (χ1v) is 13.4. The number of nitrogens with zero attached hydrogens (tertiary/aromatic N) is 2. The molecule has 2 aromatic carbocycles. The Bertz CT molecular complexity index is 1100. The summed E-state index contributed by atoms with van der Waals surface area (Å²) in [6, 6.07) is 14.4. The summed E-state index contributed by atoms with van der Waals surface area (Å²) in [4.78, 5) is 27.6. The summed E-state index contributed by atoms with van der Waals surface area (Å²) in [5, 5.41) is 2.88. The van der Waals surface area contributed by atoms with Crippen LogP contribution in [-0.4, -0.2) is 50.0 Å². The molecule has 1 atom stereocenters. The van der Waals surface area contributed by atoms with Gasteiger partial charge in [0.25, 0.3) is 0 Å². The lowest BCUT2D eigenvalue weighted by Crippen LogP contribution is -2.49. The van der Waals surface area contributed by atoms with Crippen molar-refractivity contribution in [3.05, 3.63) is 65.2 Å². The van der Waals surface area contributed by atoms with E-state index in [1.165, 1.54) is 10.6 Å². The molecule has 0 aliphatic heterocycles. The highest BCUT2D eigenvalue weighted by Crippen LogP contribution is 2.20. The van der Waals surface area contributed by atoms with E-state index in [1.807, 2.05) is 70.2 Å². The van der Waals surface area contributed by atoms with Gasteiger partial charge in [0.05, 0.1) is 11.9 Å². The molecule has 0 radical (unpaired) electrons. The Morgan fingerprint density at radius 3 is 2.26 bits per heavy atom. The zero-order valence-electron chi connectivity index (χ0n) is 21.0. The third-order valence-corrected chi connectivity index (χ3v) is 6.84. The molecular weight excluding hydrogens is 450 g/mol. The average Bonchev–Trinajstić information content (AvgIpc) is 2.74. The number of rotatable bonds is 11. The molecule has 186 valence electrons. The summed E-state index contributed by atoms with van der Waals surface area (Å²) < 4.78 is 26.1. The van der Waals surface area contributed by atoms with Crippen LogP contribution in [0.1, 0.15) is 50.3 Å². The number of aryl methyl sites for hydroxylation is 2. The third-order valence-electron chi connectivity index (χ3n) is 5.64. The smallest absolute Gasteiger partial charge is 0.242 e. The zero-order chi connectivity index (χ0) is 25.5. The van der Waals surface area contributed by atoms with E-state index in [9.17, 15) is 18.0 Å². The maximum atomic E-state index is 13.3. The van der Waals surface area contributed by atoms with Crippen molar-refractivity contribution in [2.45, 2.75) is 66.1 Å². The van der Waals surface area contributed by atoms with E-state index < -0.39 is 16.1 Å². The Kier molecular flexibility index (Phi) is 9.67. The number of amides is 2. The first-order valence-electron chi connectivity index (χ1n) is 11.6. The molecule has 0 aliphatic carbocycles. The van der Waals surface area contributed by atoms with Crippen molar-refractivity contribution in [3.63, 3.8) is 0 Å². The molecule has 0 unspecified atom stereocenters. The molecule has 1 N–H and O–H groups in total. The summed E-state index contributed by atoms with van der Waals surface area (Å²) in [5.74, 6) is -0.401. The van der Waals surface area contributed by atoms with Crippen LogP contribution >= 0.6 is 0 Å². The predicted molar refractivity (Wildman–Crippen MR) is 137 cm³/mol. The van der Waals surface area contributed by atoms with Gasteiger partial charge in [0.15, 0.2) is 0 Å². The van der Waals surface area contributed by atoms with E-state index >= 15 is 0 Å². The number of hydrogen-bond acceptors (Lipinski definition) is 4. The standard InChI is InChI=1S/C26H37N3O4S/c1-19(2)27-26(31)22(5)28(18-23-13-8-7-12-21(23)4)25(30)15-10-16-29(34(6,32)33)24-14-9-11-20(3)17-24/h7-9,11-14,17,19,22H,10,15-16,18H2,1-6H3,(H,27,31)/t22-/m1/s1. The van der Waals surface area contributed by atoms with Gasteiger partial charge in [-0.15, -0.1) is 0 Å². The maximum absolute atomic E-state index is 13.3. The van der Waals surface area contributed by atoms with Crippen molar-refractivity contribution >= 4 is 27.5 Å². The van der Waals surface area contributed by atoms with Crippen molar-refractivity contribution < 1.29 is 18.0 Å². The van der Waals surface area contributed by atoms with Crippen LogP contribution in [0.5, 0.6) is 0 Å². The van der Waals surface area contributed by atoms with E-state index in [0.717, 1.165) is 16.7 Å². The topological polar surface area (TPSA) is 86.8 Å². The van der Waals surface area contributed by atoms with Gasteiger partial charge >= 0.3 is 0 Å². The highest BCUT2D eigenvalue weighted by Gasteiger charge is 2.27. The van der Waals surface area contributed by atoms with Gasteiger partial charge in [-0.05, 0) is 69.9 Å². The van der Waals surface area contributed by atoms with Crippen LogP contribution < -0.4 is 9.62 Å². The van der Waals surface area contributed by atoms with Crippen molar-refractivity contribution in [1.82, 2.24) is 10.2 Å². The van der Waals surface area contributed by atoms with E-state index in [2.05, 4.69) is 5.32 Å². The quantitative estimate of drug-likeness (QED) is 0.522. The normalized spacial score (nSPS) is 12.3. The molecule has 2 rings (SSSR count). The molecule has 0 fully saturated rings. The second kappa shape index (κ2) is 12.0. The van der Waals surface area contributed by atoms with Crippen molar-refractivity contribution in [3.8, 4) is 0 Å². The fourth-order valence-corrected chi connectivity index (χ4v) is 4.70. The average molecular weight is 488 g/mol. The minimum Gasteiger partial charge on any atom is -0.352 e. The molecule has 34 heavy (non-hydrogen) atoms. The summed E-state index contributed by atoms with van der Waals surface area (Å²) in [5.41, 5.74) is 3.55. The van der Waals surface area contributed by atoms with E-state index in [0.29, 0.717) is 18.7 Å². The van der Waals surface area contributed by atoms with Crippen LogP contribution in [0.4, 0.5) is 5.69 Å². The van der Waals surface area contributed by atoms with Crippen molar-refractivity contribution in [1.29, 1.82) is 0 Å². The fraction of sp³-hybridized carbons (Fsp3) is 0.462. The number of nitrogens with one attached hydrogen (secondary N) is 1. The molecule has 0 bridgehead atoms. The maximum Gasteiger partial charge on any atom is 0.242 e. The summed E-state index contributed by atoms with van der Waals surface area (Å²) >= 11 is 0. The lowest BCUT2D eigenvalue weighted by Gasteiger charge is -2.30. The van der Waals surface area contributed by atoms with Gasteiger partial charge in [-0.1, -0.05) is 36.4 Å². The lowest BCUT2D eigenvalue weighted by molar-refractivity contribution is -0.140. The SMILES string of the molecule is Cc1cccc(N(CCCC(=O)N(Cc2ccccc2C)[C@H](C)C(=O)NC(C)C)S(C)(=O)=O)c1. The Hall–Kier alpha value is -2.87. The molecule has 2 amide bonds. The number of carbonyl (C=O) groups is 2. The van der Waals surface area contributed by atoms with E-state index in [-0.39, 0.29) is 30.8 Å². The second-order valence-electron chi connectivity index (χ2n) is 9.07. The van der Waals surface area contributed by atoms with Gasteiger partial charge in [0.2, 0.25) is 21.8 Å². The highest BCUT2D eigenvalue weighted by molar-refractivity contribution is 7.92. The van der Waals surface area contributed by atoms with Crippen molar-refractivity contribution in [2.75, 3.05) is 17.1 Å². The largest absolute Gasteiger partial charge is 0.352 e. The van der Waals surface area contributed by atoms with Crippen LogP contribution in [0.25, 0.3) is 0 Å². The molecule has 8 heteroatoms. The second-order valence-corrected chi connectivity index (χ2v) is 11.0. The van der Waals surface area contributed by atoms with Gasteiger partial charge in [-0.25, -0.2) is 8.42 Å². The molecule has 2 aromatic rings. The zero-order valence-corrected chi connectivity index (χ0v) is 21.9. The van der Waals surface area contributed by atoms with Crippen molar-refractivity contribution in [2.24, 2.45) is 0 Å². The van der Waals surface area contributed by atoms with E-state index in [1.54, 1.807) is 17.9 Å². The molecule has 0 aromatic heterocycles. The van der Waals surface area contributed by atoms with Gasteiger partial charge in [-0.2, -0.15) is 0 Å². The first-order chi connectivity index (χ1) is 15.9. The fourth-order valence-electron chi connectivity index (χ4n) is 3.75. The molecule has 0 saturated heterocycles. The monoisotopic (exact) mass is 487 g/mol. The Morgan fingerprint density at radius 1 is 1.00 bits per heavy atom. The number of sulfonamides is 1. The van der Waals surface area contributed by atoms with Crippen LogP contribution in [0.3, 0.4) is 0 Å². The van der Waals surface area contributed by atoms with Gasteiger partial charge < -0.3 is 10.2 Å². The molecule has 0 aliphatic rings. The van der Waals surface area contributed by atoms with Gasteiger partial charge in [-0.3, -0.25) is 13.9 Å². The Labute approximate surface area is 204 Å². The number of anilines is 1. The predicted octanol–water partition coefficient (Wildman–Crippen LogP) is 3.79. The van der Waals surface area contributed by atoms with E-state index in [4.69, 9.17) is 0 Å². The summed E-state index contributed by atoms with van der Waals surface area (Å²) in [7, 11) is -3.51. The molecule has 7 nitrogen and oxygen atoms in total. The molecule has 0 spiro atoms. The first kappa shape index (κ1) is 27.4. The summed E-state index contributed by atoms with van der Waals surface area (Å²) in [6.45, 7) is 9.85. The van der Waals surface area contributed by atoms with Crippen LogP contribution in [0.15, 0.2) is 48.5 Å². The number of carbonyl (C=O) groups excluding carboxylic acids is 2. The number of benzene rings is 2. The van der Waals surface area contributed by atoms with Gasteiger partial charge in [0.1, 0.15) is 6.04 Å².